The minimum atomic E-state index is -0.438. The maximum atomic E-state index is 12.6. The van der Waals surface area contributed by atoms with E-state index in [0.717, 1.165) is 20.9 Å². The van der Waals surface area contributed by atoms with Crippen LogP contribution in [0, 0.1) is 6.92 Å². The fourth-order valence-electron chi connectivity index (χ4n) is 2.82. The zero-order chi connectivity index (χ0) is 20.8. The number of methoxy groups -OCH3 is 1. The van der Waals surface area contributed by atoms with Gasteiger partial charge in [0, 0.05) is 21.4 Å². The van der Waals surface area contributed by atoms with Gasteiger partial charge < -0.3 is 14.8 Å². The SMILES string of the molecule is CCOC(=O)c1c(NC(=O)/C=C/c2cccc(OC)c2)sc(C)c1-c1cccs1. The molecule has 5 nitrogen and oxygen atoms in total. The number of benzene rings is 1. The third-order valence-electron chi connectivity index (χ3n) is 4.09. The Kier molecular flexibility index (Phi) is 6.85. The Morgan fingerprint density at radius 2 is 2.03 bits per heavy atom. The number of carbonyl (C=O) groups is 2. The number of amides is 1. The highest BCUT2D eigenvalue weighted by molar-refractivity contribution is 7.18. The van der Waals surface area contributed by atoms with Crippen LogP contribution in [0.3, 0.4) is 0 Å². The van der Waals surface area contributed by atoms with Crippen LogP contribution >= 0.6 is 22.7 Å². The molecule has 7 heteroatoms. The molecule has 150 valence electrons. The number of nitrogens with one attached hydrogen (secondary N) is 1. The molecule has 1 amide bonds. The fraction of sp³-hybridized carbons (Fsp3) is 0.182. The monoisotopic (exact) mass is 427 g/mol. The van der Waals surface area contributed by atoms with Crippen LogP contribution in [0.2, 0.25) is 0 Å². The number of hydrogen-bond acceptors (Lipinski definition) is 6. The second-order valence-corrected chi connectivity index (χ2v) is 8.21. The lowest BCUT2D eigenvalue weighted by Crippen LogP contribution is -2.12. The molecule has 0 atom stereocenters. The van der Waals surface area contributed by atoms with Crippen molar-refractivity contribution in [3.8, 4) is 16.2 Å². The lowest BCUT2D eigenvalue weighted by Gasteiger charge is -2.07. The average molecular weight is 428 g/mol. The molecular formula is C22H21NO4S2. The third kappa shape index (κ3) is 4.93. The summed E-state index contributed by atoms with van der Waals surface area (Å²) in [7, 11) is 1.59. The van der Waals surface area contributed by atoms with Crippen molar-refractivity contribution in [1.29, 1.82) is 0 Å². The highest BCUT2D eigenvalue weighted by Gasteiger charge is 2.25. The van der Waals surface area contributed by atoms with Gasteiger partial charge in [-0.2, -0.15) is 0 Å². The van der Waals surface area contributed by atoms with Crippen LogP contribution in [0.4, 0.5) is 5.00 Å². The lowest BCUT2D eigenvalue weighted by atomic mass is 10.1. The number of ether oxygens (including phenoxy) is 2. The molecule has 3 rings (SSSR count). The lowest BCUT2D eigenvalue weighted by molar-refractivity contribution is -0.111. The summed E-state index contributed by atoms with van der Waals surface area (Å²) in [6.07, 6.45) is 3.13. The highest BCUT2D eigenvalue weighted by atomic mass is 32.1. The summed E-state index contributed by atoms with van der Waals surface area (Å²) >= 11 is 2.91. The van der Waals surface area contributed by atoms with Crippen molar-refractivity contribution in [3.63, 3.8) is 0 Å². The Morgan fingerprint density at radius 3 is 2.72 bits per heavy atom. The van der Waals surface area contributed by atoms with Gasteiger partial charge in [-0.1, -0.05) is 18.2 Å². The molecule has 0 radical (unpaired) electrons. The minimum absolute atomic E-state index is 0.265. The molecule has 0 saturated heterocycles. The number of anilines is 1. The summed E-state index contributed by atoms with van der Waals surface area (Å²) < 4.78 is 10.4. The molecule has 2 aromatic heterocycles. The Bertz CT molecular complexity index is 1040. The quantitative estimate of drug-likeness (QED) is 0.392. The maximum absolute atomic E-state index is 12.6. The van der Waals surface area contributed by atoms with Gasteiger partial charge in [-0.05, 0) is 49.1 Å². The van der Waals surface area contributed by atoms with E-state index in [1.807, 2.05) is 48.7 Å². The van der Waals surface area contributed by atoms with Gasteiger partial charge in [0.05, 0.1) is 13.7 Å². The van der Waals surface area contributed by atoms with Crippen molar-refractivity contribution in [1.82, 2.24) is 0 Å². The van der Waals surface area contributed by atoms with Gasteiger partial charge in [0.25, 0.3) is 0 Å². The summed E-state index contributed by atoms with van der Waals surface area (Å²) in [6, 6.07) is 11.3. The maximum Gasteiger partial charge on any atom is 0.341 e. The summed E-state index contributed by atoms with van der Waals surface area (Å²) in [4.78, 5) is 27.1. The predicted octanol–water partition coefficient (Wildman–Crippen LogP) is 5.62. The van der Waals surface area contributed by atoms with Crippen LogP contribution in [-0.2, 0) is 9.53 Å². The largest absolute Gasteiger partial charge is 0.497 e. The second-order valence-electron chi connectivity index (χ2n) is 6.03. The Morgan fingerprint density at radius 1 is 1.21 bits per heavy atom. The van der Waals surface area contributed by atoms with Crippen LogP contribution < -0.4 is 10.1 Å². The first-order chi connectivity index (χ1) is 14.0. The topological polar surface area (TPSA) is 64.6 Å². The van der Waals surface area contributed by atoms with Gasteiger partial charge in [-0.25, -0.2) is 4.79 Å². The van der Waals surface area contributed by atoms with Gasteiger partial charge in [-0.15, -0.1) is 22.7 Å². The van der Waals surface area contributed by atoms with Gasteiger partial charge in [-0.3, -0.25) is 4.79 Å². The molecule has 0 spiro atoms. The molecule has 0 saturated carbocycles. The predicted molar refractivity (Wildman–Crippen MR) is 119 cm³/mol. The van der Waals surface area contributed by atoms with Gasteiger partial charge >= 0.3 is 5.97 Å². The van der Waals surface area contributed by atoms with Crippen molar-refractivity contribution >= 4 is 45.6 Å². The van der Waals surface area contributed by atoms with Crippen molar-refractivity contribution < 1.29 is 19.1 Å². The normalized spacial score (nSPS) is 10.9. The van der Waals surface area contributed by atoms with Crippen molar-refractivity contribution in [2.24, 2.45) is 0 Å². The Labute approximate surface area is 177 Å². The summed E-state index contributed by atoms with van der Waals surface area (Å²) in [5.74, 6) is -0.0451. The molecule has 1 N–H and O–H groups in total. The Balaban J connectivity index is 1.88. The first-order valence-electron chi connectivity index (χ1n) is 9.01. The molecule has 0 unspecified atom stereocenters. The molecule has 1 aromatic carbocycles. The smallest absolute Gasteiger partial charge is 0.341 e. The number of aryl methyl sites for hydroxylation is 1. The highest BCUT2D eigenvalue weighted by Crippen LogP contribution is 2.42. The van der Waals surface area contributed by atoms with E-state index in [-0.39, 0.29) is 12.5 Å². The number of esters is 1. The van der Waals surface area contributed by atoms with Crippen molar-refractivity contribution in [2.45, 2.75) is 13.8 Å². The van der Waals surface area contributed by atoms with Crippen LogP contribution in [0.1, 0.15) is 27.7 Å². The van der Waals surface area contributed by atoms with E-state index in [4.69, 9.17) is 9.47 Å². The van der Waals surface area contributed by atoms with E-state index in [0.29, 0.717) is 16.3 Å². The summed E-state index contributed by atoms with van der Waals surface area (Å²) in [6.45, 7) is 3.96. The zero-order valence-corrected chi connectivity index (χ0v) is 18.0. The average Bonchev–Trinajstić information content (AvgIpc) is 3.34. The zero-order valence-electron chi connectivity index (χ0n) is 16.4. The van der Waals surface area contributed by atoms with E-state index in [2.05, 4.69) is 5.32 Å². The fourth-order valence-corrected chi connectivity index (χ4v) is 4.78. The molecule has 29 heavy (non-hydrogen) atoms. The summed E-state index contributed by atoms with van der Waals surface area (Å²) in [5, 5.41) is 5.28. The van der Waals surface area contributed by atoms with E-state index in [9.17, 15) is 9.59 Å². The van der Waals surface area contributed by atoms with Gasteiger partial charge in [0.1, 0.15) is 16.3 Å². The third-order valence-corrected chi connectivity index (χ3v) is 6.00. The summed E-state index contributed by atoms with van der Waals surface area (Å²) in [5.41, 5.74) is 2.06. The number of hydrogen-bond donors (Lipinski definition) is 1. The Hall–Kier alpha value is -2.90. The number of carbonyl (C=O) groups excluding carboxylic acids is 2. The molecule has 0 aliphatic carbocycles. The first-order valence-corrected chi connectivity index (χ1v) is 10.7. The van der Waals surface area contributed by atoms with E-state index < -0.39 is 5.97 Å². The standard InChI is InChI=1S/C22H21NO4S2/c1-4-27-22(25)20-19(17-9-6-12-28-17)14(2)29-21(20)23-18(24)11-10-15-7-5-8-16(13-15)26-3/h5-13H,4H2,1-3H3,(H,23,24)/b11-10+. The second kappa shape index (κ2) is 9.54. The van der Waals surface area contributed by atoms with E-state index in [1.165, 1.54) is 17.4 Å². The molecule has 0 aliphatic heterocycles. The van der Waals surface area contributed by atoms with E-state index in [1.54, 1.807) is 31.4 Å². The molecule has 2 heterocycles. The van der Waals surface area contributed by atoms with Crippen LogP contribution in [0.25, 0.3) is 16.5 Å². The van der Waals surface area contributed by atoms with Crippen molar-refractivity contribution in [2.75, 3.05) is 19.0 Å². The molecule has 0 fully saturated rings. The first kappa shape index (κ1) is 20.8. The molecular weight excluding hydrogens is 406 g/mol. The van der Waals surface area contributed by atoms with E-state index >= 15 is 0 Å². The molecule has 0 aliphatic rings. The molecule has 0 bridgehead atoms. The van der Waals surface area contributed by atoms with Crippen LogP contribution in [0.5, 0.6) is 5.75 Å². The van der Waals surface area contributed by atoms with Gasteiger partial charge in [0.15, 0.2) is 0 Å². The minimum Gasteiger partial charge on any atom is -0.497 e. The van der Waals surface area contributed by atoms with Crippen LogP contribution in [-0.4, -0.2) is 25.6 Å². The van der Waals surface area contributed by atoms with Crippen molar-refractivity contribution in [3.05, 3.63) is 63.9 Å². The van der Waals surface area contributed by atoms with Gasteiger partial charge in [0.2, 0.25) is 5.91 Å². The molecule has 3 aromatic rings. The number of rotatable bonds is 7. The number of thiophene rings is 2. The van der Waals surface area contributed by atoms with Crippen LogP contribution in [0.15, 0.2) is 47.9 Å².